The second kappa shape index (κ2) is 9.23. The first-order valence-corrected chi connectivity index (χ1v) is 10.8. The van der Waals surface area contributed by atoms with Gasteiger partial charge < -0.3 is 14.5 Å². The number of nitrogens with one attached hydrogen (secondary N) is 1. The fourth-order valence-corrected chi connectivity index (χ4v) is 4.25. The van der Waals surface area contributed by atoms with Crippen LogP contribution in [0, 0.1) is 11.3 Å². The molecule has 1 aliphatic heterocycles. The fourth-order valence-electron chi connectivity index (χ4n) is 4.25. The molecular formula is C26H24N4O2. The third kappa shape index (κ3) is 4.09. The van der Waals surface area contributed by atoms with Gasteiger partial charge in [0, 0.05) is 25.2 Å². The van der Waals surface area contributed by atoms with Crippen molar-refractivity contribution in [3.05, 3.63) is 84.1 Å². The van der Waals surface area contributed by atoms with Gasteiger partial charge in [0.2, 0.25) is 17.5 Å². The van der Waals surface area contributed by atoms with Crippen LogP contribution in [0.4, 0.5) is 5.88 Å². The molecule has 1 aromatic heterocycles. The minimum Gasteiger partial charge on any atom is -0.419 e. The molecule has 0 aliphatic carbocycles. The zero-order valence-electron chi connectivity index (χ0n) is 17.7. The molecule has 1 N–H and O–H groups in total. The van der Waals surface area contributed by atoms with Gasteiger partial charge in [0.25, 0.3) is 0 Å². The lowest BCUT2D eigenvalue weighted by molar-refractivity contribution is 0.0186. The van der Waals surface area contributed by atoms with E-state index in [0.717, 1.165) is 42.6 Å². The highest BCUT2D eigenvalue weighted by molar-refractivity contribution is 5.94. The molecule has 160 valence electrons. The summed E-state index contributed by atoms with van der Waals surface area (Å²) in [6.45, 7) is 3.78. The van der Waals surface area contributed by atoms with Crippen LogP contribution in [-0.2, 0) is 4.74 Å². The molecule has 0 spiro atoms. The number of ether oxygens (including phenoxy) is 1. The minimum atomic E-state index is 0.137. The second-order valence-corrected chi connectivity index (χ2v) is 7.79. The molecule has 2 heterocycles. The number of oxazole rings is 1. The second-order valence-electron chi connectivity index (χ2n) is 7.79. The quantitative estimate of drug-likeness (QED) is 0.477. The lowest BCUT2D eigenvalue weighted by atomic mass is 10.0. The minimum absolute atomic E-state index is 0.137. The van der Waals surface area contributed by atoms with Crippen molar-refractivity contribution in [1.82, 2.24) is 9.88 Å². The molecule has 0 amide bonds. The van der Waals surface area contributed by atoms with Crippen LogP contribution in [-0.4, -0.2) is 42.7 Å². The Kier molecular flexibility index (Phi) is 5.84. The predicted octanol–water partition coefficient (Wildman–Crippen LogP) is 4.85. The summed E-state index contributed by atoms with van der Waals surface area (Å²) in [6, 6.07) is 26.8. The molecule has 1 fully saturated rings. The Bertz CT molecular complexity index is 1230. The molecule has 0 unspecified atom stereocenters. The molecule has 6 heteroatoms. The Morgan fingerprint density at radius 2 is 1.72 bits per heavy atom. The number of nitriles is 1. The molecule has 32 heavy (non-hydrogen) atoms. The van der Waals surface area contributed by atoms with Gasteiger partial charge in [-0.05, 0) is 22.4 Å². The van der Waals surface area contributed by atoms with E-state index >= 15 is 0 Å². The molecule has 4 aromatic rings. The summed E-state index contributed by atoms with van der Waals surface area (Å²) in [5.74, 6) is 0.855. The number of morpholine rings is 1. The maximum Gasteiger partial charge on any atom is 0.232 e. The van der Waals surface area contributed by atoms with E-state index in [9.17, 15) is 5.26 Å². The molecular weight excluding hydrogens is 400 g/mol. The third-order valence-electron chi connectivity index (χ3n) is 5.88. The normalized spacial score (nSPS) is 15.3. The zero-order chi connectivity index (χ0) is 21.8. The van der Waals surface area contributed by atoms with Crippen LogP contribution >= 0.6 is 0 Å². The Hall–Kier alpha value is -3.66. The van der Waals surface area contributed by atoms with Crippen molar-refractivity contribution in [2.24, 2.45) is 0 Å². The Balaban J connectivity index is 1.43. The van der Waals surface area contributed by atoms with E-state index in [4.69, 9.17) is 9.15 Å². The SMILES string of the molecule is N#Cc1nc(-c2cccc3ccccc23)oc1NC[C@H](c1ccccc1)N1CCOCC1. The Morgan fingerprint density at radius 3 is 2.53 bits per heavy atom. The van der Waals surface area contributed by atoms with Crippen LogP contribution in [0.15, 0.2) is 77.2 Å². The number of benzene rings is 3. The largest absolute Gasteiger partial charge is 0.419 e. The van der Waals surface area contributed by atoms with Crippen molar-refractivity contribution in [2.45, 2.75) is 6.04 Å². The van der Waals surface area contributed by atoms with Crippen LogP contribution in [0.5, 0.6) is 0 Å². The number of aromatic nitrogens is 1. The first-order valence-electron chi connectivity index (χ1n) is 10.8. The third-order valence-corrected chi connectivity index (χ3v) is 5.88. The summed E-state index contributed by atoms with van der Waals surface area (Å²) < 4.78 is 11.6. The van der Waals surface area contributed by atoms with Crippen LogP contribution < -0.4 is 5.32 Å². The molecule has 1 aliphatic rings. The molecule has 0 bridgehead atoms. The summed E-state index contributed by atoms with van der Waals surface area (Å²) in [5, 5.41) is 15.2. The van der Waals surface area contributed by atoms with Gasteiger partial charge in [0.05, 0.1) is 19.3 Å². The highest BCUT2D eigenvalue weighted by atomic mass is 16.5. The number of hydrogen-bond donors (Lipinski definition) is 1. The molecule has 0 saturated carbocycles. The average Bonchev–Trinajstić information content (AvgIpc) is 3.28. The van der Waals surface area contributed by atoms with Crippen molar-refractivity contribution >= 4 is 16.7 Å². The van der Waals surface area contributed by atoms with Crippen LogP contribution in [0.25, 0.3) is 22.2 Å². The van der Waals surface area contributed by atoms with Gasteiger partial charge in [-0.25, -0.2) is 0 Å². The predicted molar refractivity (Wildman–Crippen MR) is 124 cm³/mol. The van der Waals surface area contributed by atoms with Gasteiger partial charge in [-0.15, -0.1) is 0 Å². The molecule has 3 aromatic carbocycles. The van der Waals surface area contributed by atoms with Crippen molar-refractivity contribution < 1.29 is 9.15 Å². The van der Waals surface area contributed by atoms with E-state index in [2.05, 4.69) is 57.7 Å². The van der Waals surface area contributed by atoms with E-state index in [0.29, 0.717) is 18.3 Å². The first kappa shape index (κ1) is 20.3. The topological polar surface area (TPSA) is 74.3 Å². The summed E-state index contributed by atoms with van der Waals surface area (Å²) in [5.41, 5.74) is 2.36. The lowest BCUT2D eigenvalue weighted by Gasteiger charge is -2.34. The van der Waals surface area contributed by atoms with E-state index in [1.165, 1.54) is 5.56 Å². The smallest absolute Gasteiger partial charge is 0.232 e. The maximum absolute atomic E-state index is 9.68. The van der Waals surface area contributed by atoms with Crippen LogP contribution in [0.2, 0.25) is 0 Å². The average molecular weight is 425 g/mol. The molecule has 1 atom stereocenters. The van der Waals surface area contributed by atoms with Gasteiger partial charge in [0.15, 0.2) is 0 Å². The summed E-state index contributed by atoms with van der Waals surface area (Å²) in [4.78, 5) is 6.89. The van der Waals surface area contributed by atoms with Crippen molar-refractivity contribution in [3.63, 3.8) is 0 Å². The maximum atomic E-state index is 9.68. The van der Waals surface area contributed by atoms with E-state index < -0.39 is 0 Å². The number of hydrogen-bond acceptors (Lipinski definition) is 6. The van der Waals surface area contributed by atoms with Gasteiger partial charge >= 0.3 is 0 Å². The van der Waals surface area contributed by atoms with Crippen molar-refractivity contribution in [2.75, 3.05) is 38.2 Å². The van der Waals surface area contributed by atoms with E-state index in [1.54, 1.807) is 0 Å². The van der Waals surface area contributed by atoms with Crippen molar-refractivity contribution in [3.8, 4) is 17.5 Å². The van der Waals surface area contributed by atoms with Crippen LogP contribution in [0.1, 0.15) is 17.3 Å². The first-order chi connectivity index (χ1) is 15.8. The number of rotatable bonds is 6. The number of fused-ring (bicyclic) bond motifs is 1. The Labute approximate surface area is 187 Å². The van der Waals surface area contributed by atoms with E-state index in [1.807, 2.05) is 36.4 Å². The zero-order valence-corrected chi connectivity index (χ0v) is 17.7. The molecule has 0 radical (unpaired) electrons. The van der Waals surface area contributed by atoms with E-state index in [-0.39, 0.29) is 11.7 Å². The standard InChI is InChI=1S/C26H24N4O2/c27-17-23-26(32-25(29-23)22-12-6-10-19-7-4-5-11-21(19)22)28-18-24(20-8-2-1-3-9-20)30-13-15-31-16-14-30/h1-12,24,28H,13-16,18H2/t24-/m1/s1. The monoisotopic (exact) mass is 424 g/mol. The van der Waals surface area contributed by atoms with Gasteiger partial charge in [-0.2, -0.15) is 10.2 Å². The number of nitrogens with zero attached hydrogens (tertiary/aromatic N) is 3. The van der Waals surface area contributed by atoms with Crippen LogP contribution in [0.3, 0.4) is 0 Å². The van der Waals surface area contributed by atoms with Gasteiger partial charge in [-0.3, -0.25) is 4.90 Å². The number of anilines is 1. The lowest BCUT2D eigenvalue weighted by Crippen LogP contribution is -2.41. The summed E-state index contributed by atoms with van der Waals surface area (Å²) in [7, 11) is 0. The molecule has 5 rings (SSSR count). The molecule has 6 nitrogen and oxygen atoms in total. The summed E-state index contributed by atoms with van der Waals surface area (Å²) >= 11 is 0. The van der Waals surface area contributed by atoms with Gasteiger partial charge in [-0.1, -0.05) is 66.7 Å². The van der Waals surface area contributed by atoms with Gasteiger partial charge in [0.1, 0.15) is 6.07 Å². The van der Waals surface area contributed by atoms with Crippen molar-refractivity contribution in [1.29, 1.82) is 5.26 Å². The highest BCUT2D eigenvalue weighted by Gasteiger charge is 2.24. The highest BCUT2D eigenvalue weighted by Crippen LogP contribution is 2.32. The fraction of sp³-hybridized carbons (Fsp3) is 0.231. The molecule has 1 saturated heterocycles. The Morgan fingerprint density at radius 1 is 0.969 bits per heavy atom. The summed E-state index contributed by atoms with van der Waals surface area (Å²) in [6.07, 6.45) is 0.